The maximum Gasteiger partial charge on any atom is 0.408 e. The minimum atomic E-state index is -0.511. The van der Waals surface area contributed by atoms with Crippen LogP contribution in [-0.2, 0) is 16.1 Å². The number of alkyl carbamates (subject to hydrolysis) is 1. The Labute approximate surface area is 145 Å². The monoisotopic (exact) mass is 379 g/mol. The van der Waals surface area contributed by atoms with E-state index in [0.29, 0.717) is 0 Å². The number of hydrogen-bond donors (Lipinski definition) is 1. The molecule has 0 saturated heterocycles. The molecule has 1 amide bonds. The average molecular weight is 380 g/mol. The molecule has 0 spiro atoms. The zero-order chi connectivity index (χ0) is 16.2. The highest BCUT2D eigenvalue weighted by atomic mass is 79.9. The van der Waals surface area contributed by atoms with Crippen molar-refractivity contribution in [2.75, 3.05) is 5.33 Å². The van der Waals surface area contributed by atoms with Crippen LogP contribution < -0.4 is 5.32 Å². The van der Waals surface area contributed by atoms with Gasteiger partial charge < -0.3 is 10.1 Å². The van der Waals surface area contributed by atoms with Gasteiger partial charge in [-0.15, -0.1) is 0 Å². The highest BCUT2D eigenvalue weighted by molar-refractivity contribution is 9.09. The Hall–Kier alpha value is -1.36. The number of ether oxygens (including phenoxy) is 1. The number of halogens is 1. The highest BCUT2D eigenvalue weighted by Gasteiger charge is 2.45. The van der Waals surface area contributed by atoms with Gasteiger partial charge in [0, 0.05) is 0 Å². The van der Waals surface area contributed by atoms with Crippen molar-refractivity contribution in [3.8, 4) is 0 Å². The van der Waals surface area contributed by atoms with Crippen molar-refractivity contribution in [1.82, 2.24) is 5.32 Å². The number of carbonyl (C=O) groups excluding carboxylic acids is 2. The number of carbonyl (C=O) groups is 2. The molecule has 0 radical (unpaired) electrons. The Morgan fingerprint density at radius 2 is 1.87 bits per heavy atom. The third-order valence-corrected chi connectivity index (χ3v) is 5.49. The predicted octanol–water partition coefficient (Wildman–Crippen LogP) is 3.68. The van der Waals surface area contributed by atoms with E-state index in [1.165, 1.54) is 12.8 Å². The molecular weight excluding hydrogens is 358 g/mol. The van der Waals surface area contributed by atoms with Gasteiger partial charge >= 0.3 is 6.09 Å². The normalized spacial score (nSPS) is 24.4. The lowest BCUT2D eigenvalue weighted by molar-refractivity contribution is -0.121. The first-order chi connectivity index (χ1) is 11.2. The molecule has 124 valence electrons. The summed E-state index contributed by atoms with van der Waals surface area (Å²) in [7, 11) is 0. The van der Waals surface area contributed by atoms with E-state index < -0.39 is 12.1 Å². The van der Waals surface area contributed by atoms with Crippen molar-refractivity contribution in [3.05, 3.63) is 35.9 Å². The van der Waals surface area contributed by atoms with Gasteiger partial charge in [-0.05, 0) is 49.0 Å². The van der Waals surface area contributed by atoms with Gasteiger partial charge in [-0.3, -0.25) is 4.79 Å². The Bertz CT molecular complexity index is 553. The first-order valence-corrected chi connectivity index (χ1v) is 9.35. The summed E-state index contributed by atoms with van der Waals surface area (Å²) < 4.78 is 5.24. The Balaban J connectivity index is 1.49. The zero-order valence-electron chi connectivity index (χ0n) is 13.0. The van der Waals surface area contributed by atoms with Crippen molar-refractivity contribution >= 4 is 27.8 Å². The topological polar surface area (TPSA) is 55.4 Å². The number of nitrogens with one attached hydrogen (secondary N) is 1. The maximum atomic E-state index is 12.1. The lowest BCUT2D eigenvalue weighted by atomic mass is 9.68. The van der Waals surface area contributed by atoms with E-state index in [1.807, 2.05) is 30.3 Å². The second-order valence-corrected chi connectivity index (χ2v) is 7.17. The van der Waals surface area contributed by atoms with Crippen LogP contribution in [0.1, 0.15) is 31.2 Å². The molecule has 1 N–H and O–H groups in total. The smallest absolute Gasteiger partial charge is 0.408 e. The molecule has 23 heavy (non-hydrogen) atoms. The first-order valence-electron chi connectivity index (χ1n) is 8.23. The van der Waals surface area contributed by atoms with E-state index >= 15 is 0 Å². The van der Waals surface area contributed by atoms with Crippen molar-refractivity contribution in [1.29, 1.82) is 0 Å². The fraction of sp³-hybridized carbons (Fsp3) is 0.556. The van der Waals surface area contributed by atoms with Crippen LogP contribution in [0.3, 0.4) is 0 Å². The minimum absolute atomic E-state index is 0.0286. The molecule has 0 aromatic heterocycles. The third-order valence-electron chi connectivity index (χ3n) is 4.94. The summed E-state index contributed by atoms with van der Waals surface area (Å²) >= 11 is 3.22. The van der Waals surface area contributed by atoms with Crippen LogP contribution in [0.15, 0.2) is 30.3 Å². The zero-order valence-corrected chi connectivity index (χ0v) is 14.6. The predicted molar refractivity (Wildman–Crippen MR) is 91.3 cm³/mol. The number of Topliss-reactive ketones (excluding diaryl/α,β-unsaturated/α-hetero) is 1. The van der Waals surface area contributed by atoms with E-state index in [2.05, 4.69) is 21.2 Å². The van der Waals surface area contributed by atoms with Crippen LogP contribution in [0, 0.1) is 17.8 Å². The van der Waals surface area contributed by atoms with Gasteiger partial charge in [0.25, 0.3) is 0 Å². The Morgan fingerprint density at radius 1 is 1.17 bits per heavy atom. The van der Waals surface area contributed by atoms with Gasteiger partial charge in [-0.1, -0.05) is 46.3 Å². The molecule has 2 aliphatic rings. The summed E-state index contributed by atoms with van der Waals surface area (Å²) in [5.74, 6) is 1.92. The van der Waals surface area contributed by atoms with Crippen LogP contribution in [0.25, 0.3) is 0 Å². The summed E-state index contributed by atoms with van der Waals surface area (Å²) in [4.78, 5) is 24.1. The number of alkyl halides is 1. The fourth-order valence-electron chi connectivity index (χ4n) is 3.37. The number of ketones is 1. The minimum Gasteiger partial charge on any atom is -0.445 e. The molecule has 1 atom stereocenters. The van der Waals surface area contributed by atoms with Gasteiger partial charge in [0.1, 0.15) is 6.61 Å². The SMILES string of the molecule is O=C(N[C@H](C(=O)CBr)C1CC(C2CC2)C1)OCc1ccccc1. The van der Waals surface area contributed by atoms with E-state index in [-0.39, 0.29) is 23.6 Å². The van der Waals surface area contributed by atoms with Crippen LogP contribution in [0.2, 0.25) is 0 Å². The largest absolute Gasteiger partial charge is 0.445 e. The van der Waals surface area contributed by atoms with E-state index in [9.17, 15) is 9.59 Å². The van der Waals surface area contributed by atoms with E-state index in [0.717, 1.165) is 30.2 Å². The molecule has 2 aliphatic carbocycles. The molecule has 0 aliphatic heterocycles. The maximum absolute atomic E-state index is 12.1. The third kappa shape index (κ3) is 4.34. The lowest BCUT2D eigenvalue weighted by Gasteiger charge is -2.40. The van der Waals surface area contributed by atoms with Gasteiger partial charge in [-0.25, -0.2) is 4.79 Å². The fourth-order valence-corrected chi connectivity index (χ4v) is 3.72. The molecule has 0 bridgehead atoms. The molecule has 5 heteroatoms. The number of hydrogen-bond acceptors (Lipinski definition) is 3. The molecule has 2 fully saturated rings. The number of rotatable bonds is 7. The number of amides is 1. The van der Waals surface area contributed by atoms with Crippen molar-refractivity contribution in [2.45, 2.75) is 38.3 Å². The lowest BCUT2D eigenvalue weighted by Crippen LogP contribution is -2.51. The molecule has 4 nitrogen and oxygen atoms in total. The molecule has 1 aromatic rings. The summed E-state index contributed by atoms with van der Waals surface area (Å²) in [6, 6.07) is 9.11. The summed E-state index contributed by atoms with van der Waals surface area (Å²) in [6.45, 7) is 0.220. The van der Waals surface area contributed by atoms with Gasteiger partial charge in [-0.2, -0.15) is 0 Å². The van der Waals surface area contributed by atoms with E-state index in [4.69, 9.17) is 4.74 Å². The van der Waals surface area contributed by atoms with Crippen molar-refractivity contribution in [2.24, 2.45) is 17.8 Å². The van der Waals surface area contributed by atoms with Crippen molar-refractivity contribution in [3.63, 3.8) is 0 Å². The van der Waals surface area contributed by atoms with Gasteiger partial charge in [0.05, 0.1) is 11.4 Å². The second-order valence-electron chi connectivity index (χ2n) is 6.61. The highest BCUT2D eigenvalue weighted by Crippen LogP contribution is 2.50. The molecule has 1 aromatic carbocycles. The molecule has 0 unspecified atom stereocenters. The van der Waals surface area contributed by atoms with Gasteiger partial charge in [0.15, 0.2) is 5.78 Å². The van der Waals surface area contributed by atoms with Crippen molar-refractivity contribution < 1.29 is 14.3 Å². The molecule has 3 rings (SSSR count). The molecule has 2 saturated carbocycles. The second kappa shape index (κ2) is 7.47. The number of benzene rings is 1. The Morgan fingerprint density at radius 3 is 2.48 bits per heavy atom. The quantitative estimate of drug-likeness (QED) is 0.735. The standard InChI is InChI=1S/C18H22BrNO3/c19-10-16(21)17(15-8-14(9-15)13-6-7-13)20-18(22)23-11-12-4-2-1-3-5-12/h1-5,13-15,17H,6-11H2,(H,20,22)/t14?,15?,17-/m0/s1. The average Bonchev–Trinajstić information content (AvgIpc) is 3.35. The Kier molecular flexibility index (Phi) is 5.36. The summed E-state index contributed by atoms with van der Waals surface area (Å²) in [5.41, 5.74) is 0.934. The van der Waals surface area contributed by atoms with Crippen LogP contribution >= 0.6 is 15.9 Å². The van der Waals surface area contributed by atoms with Crippen LogP contribution in [0.4, 0.5) is 4.79 Å². The first kappa shape index (κ1) is 16.5. The van der Waals surface area contributed by atoms with Crippen LogP contribution in [0.5, 0.6) is 0 Å². The van der Waals surface area contributed by atoms with E-state index in [1.54, 1.807) is 0 Å². The van der Waals surface area contributed by atoms with Crippen LogP contribution in [-0.4, -0.2) is 23.2 Å². The molecular formula is C18H22BrNO3. The summed E-state index contributed by atoms with van der Waals surface area (Å²) in [6.07, 6.45) is 4.25. The van der Waals surface area contributed by atoms with Gasteiger partial charge in [0.2, 0.25) is 0 Å². The summed E-state index contributed by atoms with van der Waals surface area (Å²) in [5, 5.41) is 3.04. The molecule has 0 heterocycles.